The first-order valence-corrected chi connectivity index (χ1v) is 14.7. The number of aromatic nitrogens is 4. The van der Waals surface area contributed by atoms with E-state index in [0.717, 1.165) is 66.9 Å². The second-order valence-corrected chi connectivity index (χ2v) is 11.4. The highest BCUT2D eigenvalue weighted by atomic mass is 19.1. The van der Waals surface area contributed by atoms with Gasteiger partial charge in [0.05, 0.1) is 42.6 Å². The smallest absolute Gasteiger partial charge is 0.328 e. The van der Waals surface area contributed by atoms with E-state index in [1.54, 1.807) is 31.6 Å². The summed E-state index contributed by atoms with van der Waals surface area (Å²) in [4.78, 5) is 22.6. The number of hydrogen-bond acceptors (Lipinski definition) is 6. The third-order valence-corrected chi connectivity index (χ3v) is 8.44. The fourth-order valence-electron chi connectivity index (χ4n) is 6.12. The van der Waals surface area contributed by atoms with Crippen molar-refractivity contribution in [1.82, 2.24) is 24.0 Å². The van der Waals surface area contributed by atoms with Crippen LogP contribution in [0.15, 0.2) is 61.2 Å². The third kappa shape index (κ3) is 5.79. The van der Waals surface area contributed by atoms with Gasteiger partial charge in [0, 0.05) is 31.3 Å². The minimum atomic E-state index is -1.23. The fourth-order valence-corrected chi connectivity index (χ4v) is 6.12. The highest BCUT2D eigenvalue weighted by molar-refractivity contribution is 5.84. The molecule has 0 bridgehead atoms. The number of aryl methyl sites for hydroxylation is 2. The first-order chi connectivity index (χ1) is 20.7. The zero-order valence-corrected chi connectivity index (χ0v) is 24.7. The van der Waals surface area contributed by atoms with Crippen molar-refractivity contribution >= 4 is 12.0 Å². The molecule has 0 saturated carbocycles. The number of hydrogen-bond donors (Lipinski definition) is 1. The lowest BCUT2D eigenvalue weighted by Gasteiger charge is -2.32. The average Bonchev–Trinajstić information content (AvgIpc) is 3.69. The summed E-state index contributed by atoms with van der Waals surface area (Å²) in [6, 6.07) is 11.0. The molecule has 1 unspecified atom stereocenters. The van der Waals surface area contributed by atoms with Crippen LogP contribution in [-0.4, -0.2) is 48.2 Å². The number of piperidine rings is 1. The van der Waals surface area contributed by atoms with Gasteiger partial charge in [0.25, 0.3) is 5.79 Å². The van der Waals surface area contributed by atoms with Gasteiger partial charge in [-0.3, -0.25) is 4.90 Å². The highest BCUT2D eigenvalue weighted by Gasteiger charge is 2.42. The number of aliphatic carboxylic acids is 1. The molecule has 0 aliphatic carbocycles. The first kappa shape index (κ1) is 28.7. The third-order valence-electron chi connectivity index (χ3n) is 8.44. The Bertz CT molecular complexity index is 1670. The van der Waals surface area contributed by atoms with Crippen LogP contribution in [-0.2, 0) is 30.2 Å². The standard InChI is InChI=1S/C33H36FN5O4/c1-4-38-21-35-17-25(38)19-39-24(9-11-31(40)41)18-36-30(39)20-37-14-12-23(13-15-37)26-6-5-7-29-32(26)43-33(3,42-29)27-10-8-22(2)16-28(27)34/h5-11,16-18,21,23H,4,12-15,19-20H2,1-3H3,(H,40,41)/b11-9+. The van der Waals surface area contributed by atoms with Crippen LogP contribution in [0.2, 0.25) is 0 Å². The van der Waals surface area contributed by atoms with Crippen LogP contribution in [0, 0.1) is 12.7 Å². The Balaban J connectivity index is 1.17. The summed E-state index contributed by atoms with van der Waals surface area (Å²) in [7, 11) is 0. The molecule has 1 N–H and O–H groups in total. The number of nitrogens with zero attached hydrogens (tertiary/aromatic N) is 5. The lowest BCUT2D eigenvalue weighted by atomic mass is 9.88. The summed E-state index contributed by atoms with van der Waals surface area (Å²) >= 11 is 0. The number of likely N-dealkylation sites (tertiary alicyclic amines) is 1. The number of halogens is 1. The Hall–Kier alpha value is -4.44. The van der Waals surface area contributed by atoms with Crippen molar-refractivity contribution in [2.75, 3.05) is 13.1 Å². The van der Waals surface area contributed by atoms with E-state index in [-0.39, 0.29) is 11.7 Å². The predicted molar refractivity (Wildman–Crippen MR) is 159 cm³/mol. The highest BCUT2D eigenvalue weighted by Crippen LogP contribution is 2.49. The Morgan fingerprint density at radius 3 is 2.72 bits per heavy atom. The van der Waals surface area contributed by atoms with Crippen molar-refractivity contribution in [2.24, 2.45) is 0 Å². The normalized spacial score (nSPS) is 19.0. The number of benzene rings is 2. The minimum absolute atomic E-state index is 0.271. The van der Waals surface area contributed by atoms with Crippen LogP contribution in [0.1, 0.15) is 66.5 Å². The topological polar surface area (TPSA) is 94.6 Å². The zero-order chi connectivity index (χ0) is 30.1. The molecular weight excluding hydrogens is 549 g/mol. The molecule has 1 saturated heterocycles. The monoisotopic (exact) mass is 585 g/mol. The van der Waals surface area contributed by atoms with Crippen LogP contribution < -0.4 is 9.47 Å². The number of ether oxygens (including phenoxy) is 2. The maximum atomic E-state index is 14.9. The summed E-state index contributed by atoms with van der Waals surface area (Å²) in [5, 5.41) is 9.19. The molecule has 9 nitrogen and oxygen atoms in total. The van der Waals surface area contributed by atoms with Gasteiger partial charge in [-0.15, -0.1) is 0 Å². The second kappa shape index (κ2) is 11.7. The van der Waals surface area contributed by atoms with E-state index in [1.165, 1.54) is 6.07 Å². The Kier molecular flexibility index (Phi) is 7.79. The molecule has 6 rings (SSSR count). The molecule has 2 aliphatic rings. The predicted octanol–water partition coefficient (Wildman–Crippen LogP) is 5.72. The number of fused-ring (bicyclic) bond motifs is 1. The van der Waals surface area contributed by atoms with E-state index < -0.39 is 11.8 Å². The van der Waals surface area contributed by atoms with Gasteiger partial charge >= 0.3 is 5.97 Å². The molecule has 0 amide bonds. The first-order valence-electron chi connectivity index (χ1n) is 14.7. The molecule has 2 aromatic carbocycles. The summed E-state index contributed by atoms with van der Waals surface area (Å²) in [6.45, 7) is 9.40. The number of imidazole rings is 2. The van der Waals surface area contributed by atoms with E-state index in [4.69, 9.17) is 9.47 Å². The Labute approximate surface area is 250 Å². The van der Waals surface area contributed by atoms with Crippen molar-refractivity contribution in [2.45, 2.75) is 65.0 Å². The molecule has 4 aromatic rings. The van der Waals surface area contributed by atoms with Crippen LogP contribution >= 0.6 is 0 Å². The largest absolute Gasteiger partial charge is 0.478 e. The Morgan fingerprint density at radius 1 is 1.16 bits per heavy atom. The summed E-state index contributed by atoms with van der Waals surface area (Å²) < 4.78 is 31.6. The number of carboxylic acid groups (broad SMARTS) is 1. The van der Waals surface area contributed by atoms with Gasteiger partial charge < -0.3 is 23.7 Å². The Morgan fingerprint density at radius 2 is 1.98 bits per heavy atom. The SMILES string of the molecule is CCn1cncc1Cn1c(/C=C/C(=O)O)cnc1CN1CCC(c2cccc3c2OC(C)(c2ccc(C)cc2F)O3)CC1. The van der Waals surface area contributed by atoms with E-state index in [0.29, 0.717) is 30.2 Å². The van der Waals surface area contributed by atoms with Gasteiger partial charge in [-0.2, -0.15) is 0 Å². The summed E-state index contributed by atoms with van der Waals surface area (Å²) in [5.74, 6) is -0.0915. The molecule has 43 heavy (non-hydrogen) atoms. The van der Waals surface area contributed by atoms with Gasteiger partial charge in [-0.25, -0.2) is 19.2 Å². The molecule has 1 atom stereocenters. The lowest BCUT2D eigenvalue weighted by molar-refractivity contribution is -0.131. The van der Waals surface area contributed by atoms with Crippen LogP contribution in [0.4, 0.5) is 4.39 Å². The minimum Gasteiger partial charge on any atom is -0.478 e. The van der Waals surface area contributed by atoms with E-state index in [1.807, 2.05) is 31.3 Å². The molecule has 1 fully saturated rings. The van der Waals surface area contributed by atoms with Crippen molar-refractivity contribution in [1.29, 1.82) is 0 Å². The van der Waals surface area contributed by atoms with E-state index in [9.17, 15) is 14.3 Å². The molecule has 224 valence electrons. The molecule has 4 heterocycles. The number of para-hydroxylation sites is 1. The van der Waals surface area contributed by atoms with Crippen LogP contribution in [0.3, 0.4) is 0 Å². The van der Waals surface area contributed by atoms with Crippen LogP contribution in [0.25, 0.3) is 6.08 Å². The second-order valence-electron chi connectivity index (χ2n) is 11.4. The van der Waals surface area contributed by atoms with Crippen molar-refractivity contribution in [3.8, 4) is 11.5 Å². The summed E-state index contributed by atoms with van der Waals surface area (Å²) in [6.07, 6.45) is 9.94. The van der Waals surface area contributed by atoms with Gasteiger partial charge in [0.1, 0.15) is 11.6 Å². The van der Waals surface area contributed by atoms with Gasteiger partial charge in [0.2, 0.25) is 0 Å². The quantitative estimate of drug-likeness (QED) is 0.251. The number of carbonyl (C=O) groups is 1. The van der Waals surface area contributed by atoms with Crippen molar-refractivity contribution in [3.63, 3.8) is 0 Å². The molecule has 2 aromatic heterocycles. The summed E-state index contributed by atoms with van der Waals surface area (Å²) in [5.41, 5.74) is 4.08. The zero-order valence-electron chi connectivity index (χ0n) is 24.7. The van der Waals surface area contributed by atoms with Crippen molar-refractivity contribution < 1.29 is 23.8 Å². The molecule has 0 radical (unpaired) electrons. The molecule has 0 spiro atoms. The van der Waals surface area contributed by atoms with E-state index >= 15 is 0 Å². The fraction of sp³-hybridized carbons (Fsp3) is 0.364. The molecular formula is C33H36FN5O4. The van der Waals surface area contributed by atoms with Gasteiger partial charge in [-0.05, 0) is 75.5 Å². The maximum Gasteiger partial charge on any atom is 0.328 e. The number of carboxylic acids is 1. The van der Waals surface area contributed by atoms with Gasteiger partial charge in [-0.1, -0.05) is 18.2 Å². The van der Waals surface area contributed by atoms with Gasteiger partial charge in [0.15, 0.2) is 11.5 Å². The lowest BCUT2D eigenvalue weighted by Crippen LogP contribution is -2.34. The van der Waals surface area contributed by atoms with E-state index in [2.05, 4.69) is 37.0 Å². The van der Waals surface area contributed by atoms with Crippen molar-refractivity contribution in [3.05, 3.63) is 101 Å². The van der Waals surface area contributed by atoms with Crippen LogP contribution in [0.5, 0.6) is 11.5 Å². The molecule has 10 heteroatoms. The molecule has 2 aliphatic heterocycles. The average molecular weight is 586 g/mol. The number of rotatable bonds is 9. The maximum absolute atomic E-state index is 14.9.